The minimum atomic E-state index is -0.502. The third-order valence-electron chi connectivity index (χ3n) is 4.35. The molecule has 0 aliphatic carbocycles. The van der Waals surface area contributed by atoms with E-state index in [1.807, 2.05) is 12.1 Å². The SMILES string of the molecule is Cc1nnc(COC2CN(C(=O)CC3OC(=O)c4ccccc43)C2)o1. The molecule has 0 N–H and O–H groups in total. The number of aryl methyl sites for hydroxylation is 1. The molecule has 0 spiro atoms. The summed E-state index contributed by atoms with van der Waals surface area (Å²) in [5, 5.41) is 7.59. The maximum atomic E-state index is 12.4. The molecule has 8 heteroatoms. The van der Waals surface area contributed by atoms with Crippen molar-refractivity contribution >= 4 is 11.9 Å². The van der Waals surface area contributed by atoms with Crippen molar-refractivity contribution in [2.24, 2.45) is 0 Å². The molecule has 2 aromatic rings. The first-order valence-corrected chi connectivity index (χ1v) is 8.08. The number of carbonyl (C=O) groups excluding carboxylic acids is 2. The van der Waals surface area contributed by atoms with Crippen molar-refractivity contribution in [2.75, 3.05) is 13.1 Å². The maximum absolute atomic E-state index is 12.4. The summed E-state index contributed by atoms with van der Waals surface area (Å²) >= 11 is 0. The molecule has 130 valence electrons. The standard InChI is InChI=1S/C17H17N3O5/c1-10-18-19-15(24-10)9-23-11-7-20(8-11)16(21)6-14-12-4-2-3-5-13(12)17(22)25-14/h2-5,11,14H,6-9H2,1H3. The second-order valence-corrected chi connectivity index (χ2v) is 6.13. The van der Waals surface area contributed by atoms with Crippen molar-refractivity contribution in [1.82, 2.24) is 15.1 Å². The van der Waals surface area contributed by atoms with Crippen molar-refractivity contribution < 1.29 is 23.5 Å². The normalized spacial score (nSPS) is 19.5. The number of amides is 1. The number of rotatable bonds is 5. The van der Waals surface area contributed by atoms with Crippen molar-refractivity contribution in [2.45, 2.75) is 32.2 Å². The largest absolute Gasteiger partial charge is 0.453 e. The summed E-state index contributed by atoms with van der Waals surface area (Å²) in [6.45, 7) is 2.97. The van der Waals surface area contributed by atoms with E-state index in [0.717, 1.165) is 5.56 Å². The number of cyclic esters (lactones) is 1. The fourth-order valence-electron chi connectivity index (χ4n) is 2.99. The van der Waals surface area contributed by atoms with E-state index in [4.69, 9.17) is 13.9 Å². The molecular weight excluding hydrogens is 326 g/mol. The quantitative estimate of drug-likeness (QED) is 0.757. The number of likely N-dealkylation sites (tertiary alicyclic amines) is 1. The third-order valence-corrected chi connectivity index (χ3v) is 4.35. The Balaban J connectivity index is 1.26. The average molecular weight is 343 g/mol. The van der Waals surface area contributed by atoms with Crippen LogP contribution in [0, 0.1) is 6.92 Å². The monoisotopic (exact) mass is 343 g/mol. The highest BCUT2D eigenvalue weighted by Gasteiger charge is 2.37. The number of nitrogens with zero attached hydrogens (tertiary/aromatic N) is 3. The highest BCUT2D eigenvalue weighted by atomic mass is 16.5. The van der Waals surface area contributed by atoms with Gasteiger partial charge < -0.3 is 18.8 Å². The molecule has 2 aliphatic rings. The van der Waals surface area contributed by atoms with Crippen LogP contribution in [-0.4, -0.2) is 46.2 Å². The number of aromatic nitrogens is 2. The number of fused-ring (bicyclic) bond motifs is 1. The zero-order valence-electron chi connectivity index (χ0n) is 13.7. The number of esters is 1. The van der Waals surface area contributed by atoms with Crippen LogP contribution in [0.25, 0.3) is 0 Å². The molecule has 1 aromatic carbocycles. The van der Waals surface area contributed by atoms with E-state index in [9.17, 15) is 9.59 Å². The summed E-state index contributed by atoms with van der Waals surface area (Å²) in [4.78, 5) is 25.8. The number of hydrogen-bond donors (Lipinski definition) is 0. The summed E-state index contributed by atoms with van der Waals surface area (Å²) < 4.78 is 16.2. The van der Waals surface area contributed by atoms with Crippen LogP contribution in [0.5, 0.6) is 0 Å². The van der Waals surface area contributed by atoms with Gasteiger partial charge in [-0.1, -0.05) is 18.2 Å². The summed E-state index contributed by atoms with van der Waals surface area (Å²) in [5.41, 5.74) is 1.32. The Morgan fingerprint density at radius 3 is 2.88 bits per heavy atom. The lowest BCUT2D eigenvalue weighted by Crippen LogP contribution is -2.54. The van der Waals surface area contributed by atoms with E-state index < -0.39 is 6.10 Å². The van der Waals surface area contributed by atoms with Crippen molar-refractivity contribution in [3.63, 3.8) is 0 Å². The number of benzene rings is 1. The molecule has 25 heavy (non-hydrogen) atoms. The first-order valence-electron chi connectivity index (χ1n) is 8.08. The predicted molar refractivity (Wildman–Crippen MR) is 83.4 cm³/mol. The lowest BCUT2D eigenvalue weighted by molar-refractivity contribution is -0.148. The Kier molecular flexibility index (Phi) is 3.96. The van der Waals surface area contributed by atoms with Gasteiger partial charge in [0.25, 0.3) is 0 Å². The lowest BCUT2D eigenvalue weighted by Gasteiger charge is -2.39. The smallest absolute Gasteiger partial charge is 0.339 e. The molecule has 1 amide bonds. The molecule has 4 rings (SSSR count). The Morgan fingerprint density at radius 2 is 2.12 bits per heavy atom. The van der Waals surface area contributed by atoms with Gasteiger partial charge in [-0.3, -0.25) is 4.79 Å². The first-order chi connectivity index (χ1) is 12.1. The Bertz CT molecular complexity index is 812. The average Bonchev–Trinajstić information content (AvgIpc) is 3.10. The second kappa shape index (κ2) is 6.29. The maximum Gasteiger partial charge on any atom is 0.339 e. The summed E-state index contributed by atoms with van der Waals surface area (Å²) in [6.07, 6.45) is -0.398. The molecular formula is C17H17N3O5. The van der Waals surface area contributed by atoms with Gasteiger partial charge in [0.1, 0.15) is 12.7 Å². The molecule has 2 aliphatic heterocycles. The number of carbonyl (C=O) groups is 2. The van der Waals surface area contributed by atoms with Crippen molar-refractivity contribution in [3.05, 3.63) is 47.2 Å². The number of hydrogen-bond acceptors (Lipinski definition) is 7. The van der Waals surface area contributed by atoms with Crippen LogP contribution in [0.1, 0.15) is 40.2 Å². The topological polar surface area (TPSA) is 94.8 Å². The van der Waals surface area contributed by atoms with Gasteiger partial charge in [-0.25, -0.2) is 4.79 Å². The van der Waals surface area contributed by atoms with Crippen LogP contribution in [0.3, 0.4) is 0 Å². The highest BCUT2D eigenvalue weighted by molar-refractivity contribution is 5.94. The fraction of sp³-hybridized carbons (Fsp3) is 0.412. The molecule has 0 bridgehead atoms. The van der Waals surface area contributed by atoms with E-state index in [0.29, 0.717) is 30.4 Å². The van der Waals surface area contributed by atoms with Crippen LogP contribution in [0.15, 0.2) is 28.7 Å². The minimum absolute atomic E-state index is 0.0467. The highest BCUT2D eigenvalue weighted by Crippen LogP contribution is 2.33. The zero-order chi connectivity index (χ0) is 17.4. The number of ether oxygens (including phenoxy) is 2. The van der Waals surface area contributed by atoms with E-state index in [1.54, 1.807) is 24.0 Å². The van der Waals surface area contributed by atoms with Gasteiger partial charge in [0.2, 0.25) is 17.7 Å². The molecule has 0 radical (unpaired) electrons. The molecule has 1 unspecified atom stereocenters. The van der Waals surface area contributed by atoms with Crippen molar-refractivity contribution in [1.29, 1.82) is 0 Å². The van der Waals surface area contributed by atoms with Crippen LogP contribution in [-0.2, 0) is 20.9 Å². The van der Waals surface area contributed by atoms with Gasteiger partial charge in [0, 0.05) is 25.6 Å². The second-order valence-electron chi connectivity index (χ2n) is 6.13. The minimum Gasteiger partial charge on any atom is -0.453 e. The molecule has 1 atom stereocenters. The van der Waals surface area contributed by atoms with Gasteiger partial charge in [-0.15, -0.1) is 10.2 Å². The van der Waals surface area contributed by atoms with Crippen LogP contribution < -0.4 is 0 Å². The molecule has 0 saturated carbocycles. The van der Waals surface area contributed by atoms with Gasteiger partial charge in [-0.2, -0.15) is 0 Å². The van der Waals surface area contributed by atoms with Gasteiger partial charge in [-0.05, 0) is 6.07 Å². The zero-order valence-corrected chi connectivity index (χ0v) is 13.7. The first kappa shape index (κ1) is 15.8. The van der Waals surface area contributed by atoms with E-state index in [2.05, 4.69) is 10.2 Å². The van der Waals surface area contributed by atoms with Gasteiger partial charge in [0.05, 0.1) is 18.1 Å². The van der Waals surface area contributed by atoms with Gasteiger partial charge >= 0.3 is 5.97 Å². The molecule has 1 aromatic heterocycles. The van der Waals surface area contributed by atoms with Crippen molar-refractivity contribution in [3.8, 4) is 0 Å². The predicted octanol–water partition coefficient (Wildman–Crippen LogP) is 1.41. The molecule has 3 heterocycles. The van der Waals surface area contributed by atoms with Gasteiger partial charge in [0.15, 0.2) is 0 Å². The third kappa shape index (κ3) is 3.12. The Labute approximate surface area is 143 Å². The Hall–Kier alpha value is -2.74. The summed E-state index contributed by atoms with van der Waals surface area (Å²) in [5.74, 6) is 0.503. The summed E-state index contributed by atoms with van der Waals surface area (Å²) in [7, 11) is 0. The molecule has 1 fully saturated rings. The van der Waals surface area contributed by atoms with E-state index in [-0.39, 0.29) is 31.0 Å². The van der Waals surface area contributed by atoms with E-state index in [1.165, 1.54) is 0 Å². The van der Waals surface area contributed by atoms with Crippen LogP contribution in [0.2, 0.25) is 0 Å². The van der Waals surface area contributed by atoms with Crippen LogP contribution in [0.4, 0.5) is 0 Å². The molecule has 8 nitrogen and oxygen atoms in total. The summed E-state index contributed by atoms with van der Waals surface area (Å²) in [6, 6.07) is 7.17. The fourth-order valence-corrected chi connectivity index (χ4v) is 2.99. The van der Waals surface area contributed by atoms with Crippen LogP contribution >= 0.6 is 0 Å². The van der Waals surface area contributed by atoms with E-state index >= 15 is 0 Å². The molecule has 1 saturated heterocycles. The Morgan fingerprint density at radius 1 is 1.32 bits per heavy atom. The lowest BCUT2D eigenvalue weighted by atomic mass is 10.0.